The summed E-state index contributed by atoms with van der Waals surface area (Å²) in [6, 6.07) is 0. The summed E-state index contributed by atoms with van der Waals surface area (Å²) in [7, 11) is 0. The van der Waals surface area contributed by atoms with E-state index in [1.165, 1.54) is 0 Å². The molecule has 0 aliphatic heterocycles. The Hall–Kier alpha value is -0.790. The number of aliphatic hydroxyl groups excluding tert-OH is 1. The average Bonchev–Trinajstić information content (AvgIpc) is 1.57. The lowest BCUT2D eigenvalue weighted by molar-refractivity contribution is -0.126. The summed E-state index contributed by atoms with van der Waals surface area (Å²) in [5, 5.41) is 8.64. The lowest BCUT2D eigenvalue weighted by Gasteiger charge is -2.21. The van der Waals surface area contributed by atoms with Crippen molar-refractivity contribution in [3.8, 4) is 0 Å². The summed E-state index contributed by atoms with van der Waals surface area (Å²) in [5.74, 6) is 0.456. The van der Waals surface area contributed by atoms with Gasteiger partial charge in [0.15, 0.2) is 0 Å². The maximum Gasteiger partial charge on any atom is 0.134 e. The third-order valence-electron chi connectivity index (χ3n) is 1.42. The molecule has 0 radical (unpaired) electrons. The van der Waals surface area contributed by atoms with Gasteiger partial charge in [-0.15, -0.1) is 0 Å². The van der Waals surface area contributed by atoms with Crippen molar-refractivity contribution in [3.05, 3.63) is 12.3 Å². The Morgan fingerprint density at radius 2 is 2.25 bits per heavy atom. The molecular weight excluding hydrogens is 104 g/mol. The van der Waals surface area contributed by atoms with Crippen LogP contribution in [0.25, 0.3) is 0 Å². The van der Waals surface area contributed by atoms with Crippen LogP contribution in [0.5, 0.6) is 0 Å². The summed E-state index contributed by atoms with van der Waals surface area (Å²) < 4.78 is 0. The highest BCUT2D eigenvalue weighted by Crippen LogP contribution is 2.27. The van der Waals surface area contributed by atoms with Crippen LogP contribution >= 0.6 is 0 Å². The predicted molar refractivity (Wildman–Crippen MR) is 29.5 cm³/mol. The lowest BCUT2D eigenvalue weighted by atomic mass is 9.83. The number of ketones is 1. The molecule has 1 aliphatic rings. The summed E-state index contributed by atoms with van der Waals surface area (Å²) in [6.07, 6.45) is 0.991. The number of allylic oxidation sites excluding steroid dienone is 1. The van der Waals surface area contributed by atoms with Crippen molar-refractivity contribution in [3.63, 3.8) is 0 Å². The Labute approximate surface area is 47.8 Å². The van der Waals surface area contributed by atoms with Crippen molar-refractivity contribution in [2.75, 3.05) is 0 Å². The molecule has 1 saturated carbocycles. The largest absolute Gasteiger partial charge is 0.513 e. The molecular formula is C6H8O2. The summed E-state index contributed by atoms with van der Waals surface area (Å²) in [4.78, 5) is 10.3. The van der Waals surface area contributed by atoms with Crippen molar-refractivity contribution >= 4 is 5.78 Å². The third-order valence-corrected chi connectivity index (χ3v) is 1.42. The number of aliphatic hydroxyl groups is 1. The lowest BCUT2D eigenvalue weighted by Crippen LogP contribution is -2.24. The first-order valence-corrected chi connectivity index (χ1v) is 2.59. The highest BCUT2D eigenvalue weighted by Gasteiger charge is 2.28. The van der Waals surface area contributed by atoms with E-state index < -0.39 is 0 Å². The van der Waals surface area contributed by atoms with Gasteiger partial charge in [-0.25, -0.2) is 0 Å². The molecule has 0 bridgehead atoms. The molecule has 0 saturated heterocycles. The topological polar surface area (TPSA) is 37.3 Å². The third kappa shape index (κ3) is 0.735. The van der Waals surface area contributed by atoms with E-state index in [1.807, 2.05) is 0 Å². The highest BCUT2D eigenvalue weighted by atomic mass is 16.3. The second-order valence-electron chi connectivity index (χ2n) is 2.14. The van der Waals surface area contributed by atoms with Crippen molar-refractivity contribution in [1.29, 1.82) is 0 Å². The first kappa shape index (κ1) is 5.35. The zero-order valence-corrected chi connectivity index (χ0v) is 4.55. The van der Waals surface area contributed by atoms with Gasteiger partial charge in [0, 0.05) is 18.8 Å². The van der Waals surface area contributed by atoms with Gasteiger partial charge in [0.1, 0.15) is 5.78 Å². The fraction of sp³-hybridized carbons (Fsp3) is 0.500. The predicted octanol–water partition coefficient (Wildman–Crippen LogP) is 1.04. The zero-order chi connectivity index (χ0) is 6.15. The van der Waals surface area contributed by atoms with Crippen LogP contribution in [0.4, 0.5) is 0 Å². The number of hydrogen-bond donors (Lipinski definition) is 1. The number of carbonyl (C=O) groups is 1. The van der Waals surface area contributed by atoms with Gasteiger partial charge in [-0.2, -0.15) is 0 Å². The van der Waals surface area contributed by atoms with E-state index in [1.54, 1.807) is 0 Å². The van der Waals surface area contributed by atoms with E-state index in [4.69, 9.17) is 5.11 Å². The summed E-state index contributed by atoms with van der Waals surface area (Å²) >= 11 is 0. The van der Waals surface area contributed by atoms with Gasteiger partial charge in [0.05, 0.1) is 5.76 Å². The Kier molecular flexibility index (Phi) is 1.08. The van der Waals surface area contributed by atoms with Crippen LogP contribution in [0.2, 0.25) is 0 Å². The average molecular weight is 112 g/mol. The number of carbonyl (C=O) groups excluding carboxylic acids is 1. The maximum atomic E-state index is 10.3. The fourth-order valence-corrected chi connectivity index (χ4v) is 0.725. The van der Waals surface area contributed by atoms with Gasteiger partial charge in [0.25, 0.3) is 0 Å². The SMILES string of the molecule is C=C(O)C1CC(=O)C1. The molecule has 1 N–H and O–H groups in total. The van der Waals surface area contributed by atoms with Gasteiger partial charge in [-0.05, 0) is 0 Å². The molecule has 0 unspecified atom stereocenters. The zero-order valence-electron chi connectivity index (χ0n) is 4.55. The normalized spacial score (nSPS) is 20.2. The standard InChI is InChI=1S/C6H8O2/c1-4(7)5-2-6(8)3-5/h5,7H,1-3H2. The maximum absolute atomic E-state index is 10.3. The molecule has 1 fully saturated rings. The molecule has 0 aromatic carbocycles. The minimum absolute atomic E-state index is 0.0718. The molecule has 1 rings (SSSR count). The van der Waals surface area contributed by atoms with Crippen LogP contribution in [-0.4, -0.2) is 10.9 Å². The summed E-state index contributed by atoms with van der Waals surface area (Å²) in [6.45, 7) is 3.31. The van der Waals surface area contributed by atoms with Crippen LogP contribution in [0.3, 0.4) is 0 Å². The van der Waals surface area contributed by atoms with Crippen molar-refractivity contribution in [2.45, 2.75) is 12.8 Å². The molecule has 8 heavy (non-hydrogen) atoms. The molecule has 2 heteroatoms. The van der Waals surface area contributed by atoms with Crippen LogP contribution in [0.1, 0.15) is 12.8 Å². The Morgan fingerprint density at radius 3 is 2.38 bits per heavy atom. The first-order valence-electron chi connectivity index (χ1n) is 2.59. The van der Waals surface area contributed by atoms with Gasteiger partial charge < -0.3 is 5.11 Å². The molecule has 0 amide bonds. The number of hydrogen-bond acceptors (Lipinski definition) is 2. The van der Waals surface area contributed by atoms with Crippen molar-refractivity contribution in [2.24, 2.45) is 5.92 Å². The highest BCUT2D eigenvalue weighted by molar-refractivity contribution is 5.85. The van der Waals surface area contributed by atoms with Crippen molar-refractivity contribution in [1.82, 2.24) is 0 Å². The number of Topliss-reactive ketones (excluding diaryl/α,β-unsaturated/α-hetero) is 1. The van der Waals surface area contributed by atoms with E-state index in [-0.39, 0.29) is 17.5 Å². The summed E-state index contributed by atoms with van der Waals surface area (Å²) in [5.41, 5.74) is 0. The Bertz CT molecular complexity index is 129. The van der Waals surface area contributed by atoms with Crippen LogP contribution in [0.15, 0.2) is 12.3 Å². The quantitative estimate of drug-likeness (QED) is 0.514. The van der Waals surface area contributed by atoms with Gasteiger partial charge in [-0.1, -0.05) is 6.58 Å². The Morgan fingerprint density at radius 1 is 1.75 bits per heavy atom. The van der Waals surface area contributed by atoms with Crippen LogP contribution in [-0.2, 0) is 4.79 Å². The fourth-order valence-electron chi connectivity index (χ4n) is 0.725. The second kappa shape index (κ2) is 1.62. The van der Waals surface area contributed by atoms with E-state index in [2.05, 4.69) is 6.58 Å². The molecule has 2 nitrogen and oxygen atoms in total. The minimum Gasteiger partial charge on any atom is -0.513 e. The first-order chi connectivity index (χ1) is 3.70. The molecule has 0 spiro atoms. The second-order valence-corrected chi connectivity index (χ2v) is 2.14. The van der Waals surface area contributed by atoms with Crippen LogP contribution < -0.4 is 0 Å². The molecule has 1 aliphatic carbocycles. The van der Waals surface area contributed by atoms with E-state index in [9.17, 15) is 4.79 Å². The molecule has 0 atom stereocenters. The van der Waals surface area contributed by atoms with E-state index in [0.717, 1.165) is 0 Å². The molecule has 0 aromatic heterocycles. The van der Waals surface area contributed by atoms with Crippen molar-refractivity contribution < 1.29 is 9.90 Å². The van der Waals surface area contributed by atoms with E-state index in [0.29, 0.717) is 12.8 Å². The van der Waals surface area contributed by atoms with Gasteiger partial charge in [-0.3, -0.25) is 4.79 Å². The van der Waals surface area contributed by atoms with E-state index >= 15 is 0 Å². The van der Waals surface area contributed by atoms with Crippen LogP contribution in [0, 0.1) is 5.92 Å². The van der Waals surface area contributed by atoms with Gasteiger partial charge in [0.2, 0.25) is 0 Å². The number of rotatable bonds is 1. The molecule has 44 valence electrons. The minimum atomic E-state index is 0.0718. The molecule has 0 heterocycles. The molecule has 0 aromatic rings. The smallest absolute Gasteiger partial charge is 0.134 e. The van der Waals surface area contributed by atoms with Gasteiger partial charge >= 0.3 is 0 Å². The monoisotopic (exact) mass is 112 g/mol. The Balaban J connectivity index is 2.35.